The molecule has 0 saturated heterocycles. The van der Waals surface area contributed by atoms with Crippen LogP contribution in [-0.2, 0) is 0 Å². The van der Waals surface area contributed by atoms with Crippen LogP contribution in [-0.4, -0.2) is 11.9 Å². The van der Waals surface area contributed by atoms with Crippen LogP contribution in [0.25, 0.3) is 0 Å². The van der Waals surface area contributed by atoms with Crippen molar-refractivity contribution >= 4 is 5.78 Å². The fourth-order valence-electron chi connectivity index (χ4n) is 2.52. The summed E-state index contributed by atoms with van der Waals surface area (Å²) >= 11 is 0. The zero-order valence-corrected chi connectivity index (χ0v) is 10.0. The molecule has 0 aromatic heterocycles. The summed E-state index contributed by atoms with van der Waals surface area (Å²) in [4.78, 5) is 12.2. The van der Waals surface area contributed by atoms with Gasteiger partial charge in [0.1, 0.15) is 5.75 Å². The standard InChI is InChI=1S/C15H18O2/c16-15(11-4-1-2-5-11)12-6-3-7-14(10-12)17-13-8-9-13/h3,6-7,10-11,13H,1-2,4-5,8-9H2. The SMILES string of the molecule is O=C(c1cccc(OC2CC2)c1)C1CCCC1. The van der Waals surface area contributed by atoms with Crippen LogP contribution in [0.1, 0.15) is 48.9 Å². The van der Waals surface area contributed by atoms with Crippen LogP contribution in [0.3, 0.4) is 0 Å². The van der Waals surface area contributed by atoms with E-state index in [0.717, 1.165) is 37.0 Å². The zero-order chi connectivity index (χ0) is 11.7. The van der Waals surface area contributed by atoms with Crippen molar-refractivity contribution < 1.29 is 9.53 Å². The number of carbonyl (C=O) groups is 1. The summed E-state index contributed by atoms with van der Waals surface area (Å²) < 4.78 is 5.73. The van der Waals surface area contributed by atoms with Gasteiger partial charge >= 0.3 is 0 Å². The fraction of sp³-hybridized carbons (Fsp3) is 0.533. The second kappa shape index (κ2) is 4.52. The second-order valence-corrected chi connectivity index (χ2v) is 5.19. The molecule has 90 valence electrons. The molecule has 2 aliphatic carbocycles. The fourth-order valence-corrected chi connectivity index (χ4v) is 2.52. The highest BCUT2D eigenvalue weighted by atomic mass is 16.5. The van der Waals surface area contributed by atoms with Gasteiger partial charge in [-0.1, -0.05) is 25.0 Å². The molecule has 1 aromatic rings. The lowest BCUT2D eigenvalue weighted by Crippen LogP contribution is -2.11. The lowest BCUT2D eigenvalue weighted by atomic mass is 9.96. The minimum absolute atomic E-state index is 0.256. The van der Waals surface area contributed by atoms with Crippen molar-refractivity contribution in [2.75, 3.05) is 0 Å². The Morgan fingerprint density at radius 1 is 1.12 bits per heavy atom. The average Bonchev–Trinajstić information content (AvgIpc) is 2.99. The van der Waals surface area contributed by atoms with Gasteiger partial charge in [-0.2, -0.15) is 0 Å². The number of carbonyl (C=O) groups excluding carboxylic acids is 1. The Labute approximate surface area is 102 Å². The average molecular weight is 230 g/mol. The molecule has 0 unspecified atom stereocenters. The maximum Gasteiger partial charge on any atom is 0.166 e. The van der Waals surface area contributed by atoms with Gasteiger partial charge < -0.3 is 4.74 Å². The van der Waals surface area contributed by atoms with E-state index in [4.69, 9.17) is 4.74 Å². The van der Waals surface area contributed by atoms with E-state index in [1.165, 1.54) is 12.8 Å². The van der Waals surface area contributed by atoms with Crippen LogP contribution in [0.4, 0.5) is 0 Å². The Balaban J connectivity index is 1.74. The molecule has 0 bridgehead atoms. The first-order valence-corrected chi connectivity index (χ1v) is 6.64. The predicted octanol–water partition coefficient (Wildman–Crippen LogP) is 3.60. The van der Waals surface area contributed by atoms with Gasteiger partial charge in [-0.15, -0.1) is 0 Å². The molecule has 3 rings (SSSR count). The third-order valence-electron chi connectivity index (χ3n) is 3.67. The highest BCUT2D eigenvalue weighted by molar-refractivity contribution is 5.98. The number of benzene rings is 1. The van der Waals surface area contributed by atoms with E-state index < -0.39 is 0 Å². The summed E-state index contributed by atoms with van der Waals surface area (Å²) in [6.45, 7) is 0. The number of hydrogen-bond donors (Lipinski definition) is 0. The first-order chi connectivity index (χ1) is 8.33. The molecule has 0 spiro atoms. The van der Waals surface area contributed by atoms with Crippen LogP contribution < -0.4 is 4.74 Å². The Morgan fingerprint density at radius 2 is 1.88 bits per heavy atom. The van der Waals surface area contributed by atoms with Gasteiger partial charge in [0.15, 0.2) is 5.78 Å². The van der Waals surface area contributed by atoms with Gasteiger partial charge in [-0.05, 0) is 37.8 Å². The van der Waals surface area contributed by atoms with E-state index >= 15 is 0 Å². The van der Waals surface area contributed by atoms with Crippen molar-refractivity contribution in [3.05, 3.63) is 29.8 Å². The summed E-state index contributed by atoms with van der Waals surface area (Å²) in [5.74, 6) is 1.42. The van der Waals surface area contributed by atoms with Gasteiger partial charge in [0.05, 0.1) is 6.10 Å². The Kier molecular flexibility index (Phi) is 2.87. The maximum atomic E-state index is 12.2. The van der Waals surface area contributed by atoms with Gasteiger partial charge in [0.2, 0.25) is 0 Å². The van der Waals surface area contributed by atoms with Crippen LogP contribution >= 0.6 is 0 Å². The van der Waals surface area contributed by atoms with Crippen molar-refractivity contribution in [3.8, 4) is 5.75 Å². The molecule has 2 heteroatoms. The lowest BCUT2D eigenvalue weighted by Gasteiger charge is -2.10. The molecule has 1 aromatic carbocycles. The Morgan fingerprint density at radius 3 is 2.59 bits per heavy atom. The lowest BCUT2D eigenvalue weighted by molar-refractivity contribution is 0.0922. The molecular weight excluding hydrogens is 212 g/mol. The quantitative estimate of drug-likeness (QED) is 0.739. The molecule has 0 aliphatic heterocycles. The first-order valence-electron chi connectivity index (χ1n) is 6.64. The molecule has 0 radical (unpaired) electrons. The minimum atomic E-state index is 0.256. The smallest absolute Gasteiger partial charge is 0.166 e. The van der Waals surface area contributed by atoms with Crippen LogP contribution in [0.2, 0.25) is 0 Å². The Bertz CT molecular complexity index is 415. The third-order valence-corrected chi connectivity index (χ3v) is 3.67. The molecule has 2 nitrogen and oxygen atoms in total. The van der Waals surface area contributed by atoms with Crippen molar-refractivity contribution in [2.24, 2.45) is 5.92 Å². The van der Waals surface area contributed by atoms with E-state index in [9.17, 15) is 4.79 Å². The number of ketones is 1. The minimum Gasteiger partial charge on any atom is -0.490 e. The summed E-state index contributed by atoms with van der Waals surface area (Å²) in [5, 5.41) is 0. The van der Waals surface area contributed by atoms with Crippen molar-refractivity contribution in [1.82, 2.24) is 0 Å². The van der Waals surface area contributed by atoms with E-state index in [2.05, 4.69) is 0 Å². The van der Waals surface area contributed by atoms with Crippen molar-refractivity contribution in [3.63, 3.8) is 0 Å². The second-order valence-electron chi connectivity index (χ2n) is 5.19. The third kappa shape index (κ3) is 2.51. The monoisotopic (exact) mass is 230 g/mol. The highest BCUT2D eigenvalue weighted by Crippen LogP contribution is 2.30. The van der Waals surface area contributed by atoms with Gasteiger partial charge in [0.25, 0.3) is 0 Å². The van der Waals surface area contributed by atoms with Crippen LogP contribution in [0, 0.1) is 5.92 Å². The molecule has 2 fully saturated rings. The summed E-state index contributed by atoms with van der Waals surface area (Å²) in [6.07, 6.45) is 7.23. The summed E-state index contributed by atoms with van der Waals surface area (Å²) in [6, 6.07) is 7.71. The molecular formula is C15H18O2. The largest absolute Gasteiger partial charge is 0.490 e. The normalized spacial score (nSPS) is 20.5. The van der Waals surface area contributed by atoms with Gasteiger partial charge in [0, 0.05) is 11.5 Å². The number of Topliss-reactive ketones (excluding diaryl/α,β-unsaturated/α-hetero) is 1. The molecule has 2 saturated carbocycles. The number of hydrogen-bond acceptors (Lipinski definition) is 2. The van der Waals surface area contributed by atoms with Gasteiger partial charge in [-0.25, -0.2) is 0 Å². The first kappa shape index (κ1) is 10.8. The molecule has 0 atom stereocenters. The van der Waals surface area contributed by atoms with Crippen molar-refractivity contribution in [1.29, 1.82) is 0 Å². The Hall–Kier alpha value is -1.31. The van der Waals surface area contributed by atoms with E-state index in [1.807, 2.05) is 24.3 Å². The van der Waals surface area contributed by atoms with E-state index in [0.29, 0.717) is 11.9 Å². The number of rotatable bonds is 4. The maximum absolute atomic E-state index is 12.2. The van der Waals surface area contributed by atoms with Crippen LogP contribution in [0.5, 0.6) is 5.75 Å². The summed E-state index contributed by atoms with van der Waals surface area (Å²) in [5.41, 5.74) is 0.829. The zero-order valence-electron chi connectivity index (χ0n) is 10.0. The molecule has 17 heavy (non-hydrogen) atoms. The highest BCUT2D eigenvalue weighted by Gasteiger charge is 2.26. The van der Waals surface area contributed by atoms with Crippen LogP contribution in [0.15, 0.2) is 24.3 Å². The summed E-state index contributed by atoms with van der Waals surface area (Å²) in [7, 11) is 0. The topological polar surface area (TPSA) is 26.3 Å². The van der Waals surface area contributed by atoms with E-state index in [-0.39, 0.29) is 5.92 Å². The van der Waals surface area contributed by atoms with Gasteiger partial charge in [-0.3, -0.25) is 4.79 Å². The molecule has 0 heterocycles. The molecule has 2 aliphatic rings. The predicted molar refractivity (Wildman–Crippen MR) is 66.4 cm³/mol. The number of ether oxygens (including phenoxy) is 1. The molecule has 0 N–H and O–H groups in total. The van der Waals surface area contributed by atoms with E-state index in [1.54, 1.807) is 0 Å². The molecule has 0 amide bonds. The van der Waals surface area contributed by atoms with Crippen molar-refractivity contribution in [2.45, 2.75) is 44.6 Å².